The number of fused-ring (bicyclic) bond motifs is 1. The van der Waals surface area contributed by atoms with E-state index >= 15 is 0 Å². The fourth-order valence-corrected chi connectivity index (χ4v) is 2.77. The van der Waals surface area contributed by atoms with E-state index in [4.69, 9.17) is 5.11 Å². The highest BCUT2D eigenvalue weighted by atomic mass is 32.1. The molecule has 108 valence electrons. The predicted octanol–water partition coefficient (Wildman–Crippen LogP) is 0.197. The lowest BCUT2D eigenvalue weighted by molar-refractivity contribution is -0.144. The number of carboxylic acid groups (broad SMARTS) is 1. The van der Waals surface area contributed by atoms with Crippen LogP contribution in [0, 0.1) is 6.92 Å². The zero-order valence-corrected chi connectivity index (χ0v) is 11.8. The maximum Gasteiger partial charge on any atom is 0.328 e. The molecule has 2 atom stereocenters. The van der Waals surface area contributed by atoms with Crippen molar-refractivity contribution in [1.82, 2.24) is 14.7 Å². The van der Waals surface area contributed by atoms with Crippen LogP contribution in [0.3, 0.4) is 0 Å². The number of aryl methyl sites for hydroxylation is 1. The number of hydrogen-bond donors (Lipinski definition) is 3. The number of aliphatic hydroxyl groups is 1. The maximum atomic E-state index is 11.9. The van der Waals surface area contributed by atoms with Gasteiger partial charge in [0.15, 0.2) is 11.0 Å². The molecule has 0 aromatic carbocycles. The molecular formula is C12H15N3O4S. The van der Waals surface area contributed by atoms with Crippen LogP contribution in [-0.4, -0.2) is 43.6 Å². The molecule has 2 heterocycles. The standard InChI is InChI=1S/C12H15N3O4S/c1-6-4-15-8(5-20-12(15)13-6)3-9(17)14-10(7(2)16)11(18)19/h4-5,7,10,16H,3H2,1-2H3,(H,14,17)(H,18,19)/t7-,10+/m1/s1. The van der Waals surface area contributed by atoms with Gasteiger partial charge in [-0.05, 0) is 13.8 Å². The molecule has 0 radical (unpaired) electrons. The number of nitrogens with one attached hydrogen (secondary N) is 1. The summed E-state index contributed by atoms with van der Waals surface area (Å²) >= 11 is 1.41. The first kappa shape index (κ1) is 14.5. The summed E-state index contributed by atoms with van der Waals surface area (Å²) in [5, 5.41) is 22.3. The van der Waals surface area contributed by atoms with E-state index in [1.165, 1.54) is 18.3 Å². The highest BCUT2D eigenvalue weighted by molar-refractivity contribution is 7.15. The van der Waals surface area contributed by atoms with Crippen molar-refractivity contribution in [2.24, 2.45) is 0 Å². The third-order valence-corrected chi connectivity index (χ3v) is 3.70. The maximum absolute atomic E-state index is 11.9. The average Bonchev–Trinajstić information content (AvgIpc) is 2.86. The average molecular weight is 297 g/mol. The van der Waals surface area contributed by atoms with Gasteiger partial charge in [0, 0.05) is 17.3 Å². The highest BCUT2D eigenvalue weighted by Gasteiger charge is 2.25. The fraction of sp³-hybridized carbons (Fsp3) is 0.417. The van der Waals surface area contributed by atoms with Crippen molar-refractivity contribution >= 4 is 28.2 Å². The molecule has 8 heteroatoms. The first-order valence-corrected chi connectivity index (χ1v) is 6.88. The second-order valence-electron chi connectivity index (χ2n) is 4.56. The second-order valence-corrected chi connectivity index (χ2v) is 5.40. The van der Waals surface area contributed by atoms with Crippen LogP contribution < -0.4 is 5.32 Å². The van der Waals surface area contributed by atoms with Gasteiger partial charge in [-0.1, -0.05) is 0 Å². The van der Waals surface area contributed by atoms with Crippen LogP contribution in [0.4, 0.5) is 0 Å². The normalized spacial score (nSPS) is 14.2. The van der Waals surface area contributed by atoms with Crippen LogP contribution in [0.25, 0.3) is 4.96 Å². The predicted molar refractivity (Wildman–Crippen MR) is 72.8 cm³/mol. The number of aliphatic hydroxyl groups excluding tert-OH is 1. The summed E-state index contributed by atoms with van der Waals surface area (Å²) in [4.78, 5) is 27.8. The molecule has 0 saturated heterocycles. The van der Waals surface area contributed by atoms with E-state index in [2.05, 4.69) is 10.3 Å². The molecule has 0 aliphatic rings. The van der Waals surface area contributed by atoms with E-state index in [1.54, 1.807) is 9.78 Å². The molecular weight excluding hydrogens is 282 g/mol. The van der Waals surface area contributed by atoms with E-state index in [1.807, 2.05) is 13.1 Å². The largest absolute Gasteiger partial charge is 0.480 e. The molecule has 0 unspecified atom stereocenters. The minimum atomic E-state index is -1.30. The SMILES string of the molecule is Cc1cn2c(CC(=O)N[C@H](C(=O)O)[C@@H](C)O)csc2n1. The molecule has 0 saturated carbocycles. The monoisotopic (exact) mass is 297 g/mol. The fourth-order valence-electron chi connectivity index (χ4n) is 1.85. The van der Waals surface area contributed by atoms with Crippen molar-refractivity contribution < 1.29 is 19.8 Å². The Kier molecular flexibility index (Phi) is 4.05. The molecule has 20 heavy (non-hydrogen) atoms. The third-order valence-electron chi connectivity index (χ3n) is 2.81. The molecule has 3 N–H and O–H groups in total. The molecule has 0 spiro atoms. The number of thiazole rings is 1. The minimum absolute atomic E-state index is 0.0340. The summed E-state index contributed by atoms with van der Waals surface area (Å²) in [7, 11) is 0. The number of aromatic nitrogens is 2. The molecule has 1 amide bonds. The van der Waals surface area contributed by atoms with Gasteiger partial charge in [-0.25, -0.2) is 9.78 Å². The summed E-state index contributed by atoms with van der Waals surface area (Å²) in [6.45, 7) is 3.18. The highest BCUT2D eigenvalue weighted by Crippen LogP contribution is 2.16. The summed E-state index contributed by atoms with van der Waals surface area (Å²) in [6.07, 6.45) is 0.693. The molecule has 0 bridgehead atoms. The summed E-state index contributed by atoms with van der Waals surface area (Å²) < 4.78 is 1.80. The Labute approximate surface area is 118 Å². The van der Waals surface area contributed by atoms with Crippen molar-refractivity contribution in [1.29, 1.82) is 0 Å². The van der Waals surface area contributed by atoms with Gasteiger partial charge in [-0.2, -0.15) is 0 Å². The summed E-state index contributed by atoms with van der Waals surface area (Å²) in [5.41, 5.74) is 1.59. The summed E-state index contributed by atoms with van der Waals surface area (Å²) in [6, 6.07) is -1.30. The lowest BCUT2D eigenvalue weighted by Gasteiger charge is -2.16. The van der Waals surface area contributed by atoms with Crippen LogP contribution in [-0.2, 0) is 16.0 Å². The van der Waals surface area contributed by atoms with Gasteiger partial charge in [-0.3, -0.25) is 9.20 Å². The van der Waals surface area contributed by atoms with Crippen LogP contribution in [0.1, 0.15) is 18.3 Å². The summed E-state index contributed by atoms with van der Waals surface area (Å²) in [5.74, 6) is -1.72. The minimum Gasteiger partial charge on any atom is -0.480 e. The number of amides is 1. The van der Waals surface area contributed by atoms with E-state index in [9.17, 15) is 14.7 Å². The number of hydrogen-bond acceptors (Lipinski definition) is 5. The molecule has 0 fully saturated rings. The Bertz CT molecular complexity index is 646. The van der Waals surface area contributed by atoms with Crippen molar-refractivity contribution in [3.8, 4) is 0 Å². The van der Waals surface area contributed by atoms with E-state index in [0.717, 1.165) is 16.3 Å². The number of aliphatic carboxylic acids is 1. The van der Waals surface area contributed by atoms with Crippen molar-refractivity contribution in [2.75, 3.05) is 0 Å². The Morgan fingerprint density at radius 1 is 1.55 bits per heavy atom. The van der Waals surface area contributed by atoms with Crippen molar-refractivity contribution in [3.63, 3.8) is 0 Å². The number of imidazole rings is 1. The lowest BCUT2D eigenvalue weighted by Crippen LogP contribution is -2.48. The Hall–Kier alpha value is -1.93. The van der Waals surface area contributed by atoms with Crippen LogP contribution in [0.5, 0.6) is 0 Å². The molecule has 7 nitrogen and oxygen atoms in total. The van der Waals surface area contributed by atoms with Gasteiger partial charge in [0.25, 0.3) is 0 Å². The Balaban J connectivity index is 2.09. The van der Waals surface area contributed by atoms with Crippen molar-refractivity contribution in [2.45, 2.75) is 32.4 Å². The molecule has 0 aliphatic carbocycles. The number of carbonyl (C=O) groups is 2. The van der Waals surface area contributed by atoms with Gasteiger partial charge in [0.05, 0.1) is 18.2 Å². The quantitative estimate of drug-likeness (QED) is 0.731. The van der Waals surface area contributed by atoms with E-state index in [0.29, 0.717) is 0 Å². The zero-order valence-electron chi connectivity index (χ0n) is 11.0. The van der Waals surface area contributed by atoms with E-state index in [-0.39, 0.29) is 6.42 Å². The lowest BCUT2D eigenvalue weighted by atomic mass is 10.1. The molecule has 2 aromatic rings. The first-order valence-electron chi connectivity index (χ1n) is 6.00. The Morgan fingerprint density at radius 3 is 2.85 bits per heavy atom. The van der Waals surface area contributed by atoms with Crippen LogP contribution in [0.2, 0.25) is 0 Å². The van der Waals surface area contributed by atoms with Crippen LogP contribution in [0.15, 0.2) is 11.6 Å². The smallest absolute Gasteiger partial charge is 0.328 e. The number of nitrogens with zero attached hydrogens (tertiary/aromatic N) is 2. The van der Waals surface area contributed by atoms with E-state index < -0.39 is 24.0 Å². The van der Waals surface area contributed by atoms with Gasteiger partial charge in [0.1, 0.15) is 0 Å². The molecule has 0 aliphatic heterocycles. The van der Waals surface area contributed by atoms with Gasteiger partial charge in [-0.15, -0.1) is 11.3 Å². The third kappa shape index (κ3) is 2.97. The molecule has 2 rings (SSSR count). The first-order chi connectivity index (χ1) is 9.38. The van der Waals surface area contributed by atoms with Crippen LogP contribution >= 0.6 is 11.3 Å². The number of rotatable bonds is 5. The Morgan fingerprint density at radius 2 is 2.25 bits per heavy atom. The van der Waals surface area contributed by atoms with Gasteiger partial charge in [0.2, 0.25) is 5.91 Å². The topological polar surface area (TPSA) is 104 Å². The van der Waals surface area contributed by atoms with Gasteiger partial charge < -0.3 is 15.5 Å². The van der Waals surface area contributed by atoms with Crippen molar-refractivity contribution in [3.05, 3.63) is 23.0 Å². The van der Waals surface area contributed by atoms with Gasteiger partial charge >= 0.3 is 5.97 Å². The number of carbonyl (C=O) groups excluding carboxylic acids is 1. The number of carboxylic acids is 1. The zero-order chi connectivity index (χ0) is 14.9. The second kappa shape index (κ2) is 5.59. The molecule has 2 aromatic heterocycles.